The van der Waals surface area contributed by atoms with Crippen LogP contribution in [-0.4, -0.2) is 33.7 Å². The summed E-state index contributed by atoms with van der Waals surface area (Å²) in [6, 6.07) is 22.3. The van der Waals surface area contributed by atoms with Crippen molar-refractivity contribution in [3.8, 4) is 0 Å². The lowest BCUT2D eigenvalue weighted by atomic mass is 9.50. The third kappa shape index (κ3) is 4.62. The Balaban J connectivity index is 1.30. The molecule has 4 aromatic rings. The Morgan fingerprint density at radius 2 is 1.64 bits per heavy atom. The molecule has 2 N–H and O–H groups in total. The van der Waals surface area contributed by atoms with Gasteiger partial charge in [-0.15, -0.1) is 0 Å². The summed E-state index contributed by atoms with van der Waals surface area (Å²) < 4.78 is 20.0. The van der Waals surface area contributed by atoms with E-state index in [9.17, 15) is 23.9 Å². The van der Waals surface area contributed by atoms with Crippen LogP contribution in [0.2, 0.25) is 5.02 Å². The fourth-order valence-corrected chi connectivity index (χ4v) is 8.74. The molecular weight excluding hydrogens is 661 g/mol. The molecule has 11 heteroatoms. The van der Waals surface area contributed by atoms with E-state index in [2.05, 4.69) is 12.0 Å². The number of benzene rings is 3. The van der Waals surface area contributed by atoms with Crippen molar-refractivity contribution in [2.24, 2.45) is 23.7 Å². The Hall–Kier alpha value is -5.32. The molecule has 0 unspecified atom stereocenters. The molecule has 0 bridgehead atoms. The van der Waals surface area contributed by atoms with Gasteiger partial charge in [-0.1, -0.05) is 60.2 Å². The minimum atomic E-state index is -1.57. The second kappa shape index (κ2) is 11.9. The summed E-state index contributed by atoms with van der Waals surface area (Å²) in [5, 5.41) is 11.4. The first-order chi connectivity index (χ1) is 24.2. The van der Waals surface area contributed by atoms with E-state index in [-0.39, 0.29) is 30.4 Å². The molecule has 0 radical (unpaired) electrons. The van der Waals surface area contributed by atoms with Crippen molar-refractivity contribution < 1.29 is 33.1 Å². The zero-order valence-electron chi connectivity index (χ0n) is 26.6. The number of aliphatic hydroxyl groups excluding tert-OH is 1. The third-order valence-corrected chi connectivity index (χ3v) is 11.0. The highest BCUT2D eigenvalue weighted by Crippen LogP contribution is 2.64. The largest absolute Gasteiger partial charge is 0.463 e. The number of halogens is 2. The predicted octanol–water partition coefficient (Wildman–Crippen LogP) is 6.40. The summed E-state index contributed by atoms with van der Waals surface area (Å²) in [4.78, 5) is 59.3. The topological polar surface area (TPSA) is 120 Å². The van der Waals surface area contributed by atoms with E-state index in [0.29, 0.717) is 33.3 Å². The SMILES string of the molecule is C=Cc1ccc(N2C(=O)[C@H]3[C@H](CC=C4[C@H]3C[C@H]3C(=O)N(Nc5ccc(F)cc5)C(=O)[C@@]3(c3ccc(Cl)cc3)[C@H]4c3ccc(CO)o3)C2=O)cc1. The Bertz CT molecular complexity index is 2090. The van der Waals surface area contributed by atoms with E-state index in [1.54, 1.807) is 66.7 Å². The van der Waals surface area contributed by atoms with Crippen LogP contribution in [0.1, 0.15) is 41.4 Å². The average Bonchev–Trinajstić information content (AvgIpc) is 3.77. The van der Waals surface area contributed by atoms with Crippen molar-refractivity contribution in [3.05, 3.63) is 137 Å². The highest BCUT2D eigenvalue weighted by molar-refractivity contribution is 6.30. The molecule has 3 fully saturated rings. The van der Waals surface area contributed by atoms with Gasteiger partial charge in [0.05, 0.1) is 35.0 Å². The molecule has 2 aliphatic carbocycles. The lowest BCUT2D eigenvalue weighted by Crippen LogP contribution is -2.53. The number of nitrogens with zero attached hydrogens (tertiary/aromatic N) is 2. The van der Waals surface area contributed by atoms with Crippen LogP contribution in [0.25, 0.3) is 6.08 Å². The van der Waals surface area contributed by atoms with Gasteiger partial charge in [0.1, 0.15) is 29.4 Å². The minimum Gasteiger partial charge on any atom is -0.463 e. The van der Waals surface area contributed by atoms with Gasteiger partial charge in [-0.3, -0.25) is 29.5 Å². The van der Waals surface area contributed by atoms with Crippen molar-refractivity contribution in [2.45, 2.75) is 30.8 Å². The monoisotopic (exact) mass is 691 g/mol. The van der Waals surface area contributed by atoms with Crippen LogP contribution in [0.15, 0.2) is 108 Å². The van der Waals surface area contributed by atoms with Gasteiger partial charge in [-0.05, 0) is 90.6 Å². The fraction of sp³-hybridized carbons (Fsp3) is 0.231. The number of rotatable bonds is 7. The number of aliphatic hydroxyl groups is 1. The van der Waals surface area contributed by atoms with Gasteiger partial charge in [0.2, 0.25) is 11.8 Å². The molecule has 2 aliphatic heterocycles. The maximum Gasteiger partial charge on any atom is 0.260 e. The van der Waals surface area contributed by atoms with Crippen LogP contribution in [0, 0.1) is 29.5 Å². The van der Waals surface area contributed by atoms with E-state index in [1.807, 2.05) is 6.08 Å². The van der Waals surface area contributed by atoms with Crippen molar-refractivity contribution >= 4 is 52.7 Å². The summed E-state index contributed by atoms with van der Waals surface area (Å²) in [5.74, 6) is -5.63. The summed E-state index contributed by atoms with van der Waals surface area (Å²) in [7, 11) is 0. The number of carbonyl (C=O) groups excluding carboxylic acids is 4. The van der Waals surface area contributed by atoms with E-state index in [4.69, 9.17) is 16.0 Å². The third-order valence-electron chi connectivity index (χ3n) is 10.8. The van der Waals surface area contributed by atoms with Crippen molar-refractivity contribution in [3.63, 3.8) is 0 Å². The molecule has 2 saturated heterocycles. The highest BCUT2D eigenvalue weighted by atomic mass is 35.5. The van der Waals surface area contributed by atoms with Gasteiger partial charge >= 0.3 is 0 Å². The maximum atomic E-state index is 15.1. The average molecular weight is 692 g/mol. The molecule has 1 saturated carbocycles. The van der Waals surface area contributed by atoms with Crippen LogP contribution in [0.5, 0.6) is 0 Å². The van der Waals surface area contributed by atoms with Crippen LogP contribution >= 0.6 is 11.6 Å². The molecule has 8 rings (SSSR count). The van der Waals surface area contributed by atoms with E-state index >= 15 is 4.79 Å². The Morgan fingerprint density at radius 3 is 2.30 bits per heavy atom. The molecule has 9 nitrogen and oxygen atoms in total. The Labute approximate surface area is 291 Å². The second-order valence-electron chi connectivity index (χ2n) is 13.1. The lowest BCUT2D eigenvalue weighted by molar-refractivity contribution is -0.138. The number of allylic oxidation sites excluding steroid dienone is 2. The molecule has 252 valence electrons. The predicted molar refractivity (Wildman–Crippen MR) is 183 cm³/mol. The van der Waals surface area contributed by atoms with Gasteiger partial charge in [-0.2, -0.15) is 5.01 Å². The quantitative estimate of drug-likeness (QED) is 0.170. The number of nitrogens with one attached hydrogen (secondary N) is 1. The lowest BCUT2D eigenvalue weighted by Gasteiger charge is -2.49. The van der Waals surface area contributed by atoms with Crippen LogP contribution < -0.4 is 10.3 Å². The first kappa shape index (κ1) is 31.9. The van der Waals surface area contributed by atoms with Gasteiger partial charge in [0, 0.05) is 5.02 Å². The van der Waals surface area contributed by atoms with Crippen molar-refractivity contribution in [1.29, 1.82) is 0 Å². The zero-order valence-corrected chi connectivity index (χ0v) is 27.3. The molecule has 3 aromatic carbocycles. The molecule has 4 aliphatic rings. The standard InChI is InChI=1S/C39H31ClFN3O6/c1-2-21-3-13-26(14-4-21)43-35(46)29-17-16-28-30(33(29)37(43)48)19-31-36(47)44(42-25-11-9-24(41)10-12-25)38(49)39(31,22-5-7-23(40)8-6-22)34(28)32-18-15-27(20-45)50-32/h2-16,18,29-31,33-34,42,45H,1,17,19-20H2/t29-,30+,31-,33-,34+,39+/m0/s1. The Morgan fingerprint density at radius 1 is 0.920 bits per heavy atom. The zero-order chi connectivity index (χ0) is 34.9. The van der Waals surface area contributed by atoms with Crippen LogP contribution in [0.3, 0.4) is 0 Å². The van der Waals surface area contributed by atoms with Gasteiger partial charge in [-0.25, -0.2) is 4.39 Å². The number of anilines is 2. The van der Waals surface area contributed by atoms with E-state index in [0.717, 1.165) is 10.6 Å². The normalized spacial score (nSPS) is 27.2. The van der Waals surface area contributed by atoms with Crippen molar-refractivity contribution in [2.75, 3.05) is 10.3 Å². The number of hydrazine groups is 1. The van der Waals surface area contributed by atoms with Gasteiger partial charge < -0.3 is 9.52 Å². The molecule has 6 atom stereocenters. The van der Waals surface area contributed by atoms with E-state index in [1.165, 1.54) is 29.2 Å². The molecular formula is C39H31ClFN3O6. The highest BCUT2D eigenvalue weighted by Gasteiger charge is 2.71. The second-order valence-corrected chi connectivity index (χ2v) is 13.6. The molecule has 0 spiro atoms. The smallest absolute Gasteiger partial charge is 0.260 e. The number of hydrogen-bond donors (Lipinski definition) is 2. The summed E-state index contributed by atoms with van der Waals surface area (Å²) in [6.45, 7) is 3.38. The van der Waals surface area contributed by atoms with E-state index < -0.39 is 59.2 Å². The van der Waals surface area contributed by atoms with Crippen LogP contribution in [-0.2, 0) is 31.2 Å². The number of imide groups is 2. The Kier molecular flexibility index (Phi) is 7.61. The first-order valence-corrected chi connectivity index (χ1v) is 16.7. The number of fused-ring (bicyclic) bond motifs is 4. The fourth-order valence-electron chi connectivity index (χ4n) is 8.61. The van der Waals surface area contributed by atoms with Crippen molar-refractivity contribution in [1.82, 2.24) is 5.01 Å². The number of carbonyl (C=O) groups is 4. The molecule has 50 heavy (non-hydrogen) atoms. The molecule has 4 amide bonds. The molecule has 1 aromatic heterocycles. The summed E-state index contributed by atoms with van der Waals surface area (Å²) in [6.07, 6.45) is 3.93. The van der Waals surface area contributed by atoms with Crippen LogP contribution in [0.4, 0.5) is 15.8 Å². The molecule has 3 heterocycles. The van der Waals surface area contributed by atoms with Gasteiger partial charge in [0.15, 0.2) is 0 Å². The summed E-state index contributed by atoms with van der Waals surface area (Å²) in [5.41, 5.74) is 4.18. The summed E-state index contributed by atoms with van der Waals surface area (Å²) >= 11 is 6.32. The number of furan rings is 1. The number of amides is 4. The maximum absolute atomic E-state index is 15.1. The number of hydrogen-bond acceptors (Lipinski definition) is 7. The van der Waals surface area contributed by atoms with Gasteiger partial charge in [0.25, 0.3) is 11.8 Å². The minimum absolute atomic E-state index is 0.0914. The first-order valence-electron chi connectivity index (χ1n) is 16.3.